The number of piperidine rings is 1. The highest BCUT2D eigenvalue weighted by molar-refractivity contribution is 5.95. The van der Waals surface area contributed by atoms with E-state index < -0.39 is 5.66 Å². The molecule has 2 heterocycles. The lowest BCUT2D eigenvalue weighted by Crippen LogP contribution is -2.56. The Labute approximate surface area is 188 Å². The van der Waals surface area contributed by atoms with Gasteiger partial charge in [-0.15, -0.1) is 0 Å². The van der Waals surface area contributed by atoms with Crippen LogP contribution in [0.3, 0.4) is 0 Å². The smallest absolute Gasteiger partial charge is 0.260 e. The minimum Gasteiger partial charge on any atom is -0.338 e. The van der Waals surface area contributed by atoms with Gasteiger partial charge in [0.05, 0.1) is 6.04 Å². The van der Waals surface area contributed by atoms with Gasteiger partial charge in [0.2, 0.25) is 0 Å². The van der Waals surface area contributed by atoms with Crippen LogP contribution in [0.2, 0.25) is 0 Å². The van der Waals surface area contributed by atoms with E-state index in [2.05, 4.69) is 22.8 Å². The molecule has 161 valence electrons. The molecule has 2 aliphatic rings. The van der Waals surface area contributed by atoms with Gasteiger partial charge in [-0.2, -0.15) is 0 Å². The number of likely N-dealkylation sites (tertiary alicyclic amines) is 1. The molecule has 2 saturated heterocycles. The summed E-state index contributed by atoms with van der Waals surface area (Å²) in [5.41, 5.74) is 3.50. The molecule has 2 aliphatic heterocycles. The number of rotatable bonds is 4. The summed E-state index contributed by atoms with van der Waals surface area (Å²) in [6, 6.07) is 27.6. The van der Waals surface area contributed by atoms with Crippen LogP contribution in [-0.4, -0.2) is 41.5 Å². The van der Waals surface area contributed by atoms with Crippen LogP contribution in [0.1, 0.15) is 28.8 Å². The van der Waals surface area contributed by atoms with Crippen molar-refractivity contribution >= 4 is 11.8 Å². The molecular weight excluding hydrogens is 398 g/mol. The maximum absolute atomic E-state index is 13.0. The van der Waals surface area contributed by atoms with Gasteiger partial charge < -0.3 is 4.90 Å². The average molecular weight is 425 g/mol. The monoisotopic (exact) mass is 424 g/mol. The molecule has 0 bridgehead atoms. The molecule has 1 unspecified atom stereocenters. The summed E-state index contributed by atoms with van der Waals surface area (Å²) in [5.74, 6) is -0.0465. The fourth-order valence-electron chi connectivity index (χ4n) is 4.65. The van der Waals surface area contributed by atoms with Gasteiger partial charge in [-0.05, 0) is 35.2 Å². The molecule has 2 fully saturated rings. The van der Waals surface area contributed by atoms with Gasteiger partial charge in [-0.3, -0.25) is 14.9 Å². The Balaban J connectivity index is 1.20. The highest BCUT2D eigenvalue weighted by atomic mass is 16.2. The number of hydrogen-bond donors (Lipinski definition) is 1. The van der Waals surface area contributed by atoms with E-state index >= 15 is 0 Å². The van der Waals surface area contributed by atoms with Crippen molar-refractivity contribution in [1.82, 2.24) is 15.5 Å². The summed E-state index contributed by atoms with van der Waals surface area (Å²) in [6.07, 6.45) is 1.94. The summed E-state index contributed by atoms with van der Waals surface area (Å²) < 4.78 is 0. The molecule has 32 heavy (non-hydrogen) atoms. The number of amides is 2. The fourth-order valence-corrected chi connectivity index (χ4v) is 4.65. The first-order chi connectivity index (χ1) is 15.6. The second-order valence-electron chi connectivity index (χ2n) is 8.60. The molecule has 0 saturated carbocycles. The SMILES string of the molecule is O=C1[N]C2(CCN(C(=O)c3ccc(-c4ccccc4)cc3)CC2)NC1Cc1ccccc1. The number of nitrogens with zero attached hydrogens (tertiary/aromatic N) is 2. The minimum atomic E-state index is -0.537. The zero-order chi connectivity index (χ0) is 22.0. The van der Waals surface area contributed by atoms with Crippen LogP contribution in [0.25, 0.3) is 11.1 Å². The lowest BCUT2D eigenvalue weighted by atomic mass is 9.96. The van der Waals surface area contributed by atoms with Gasteiger partial charge >= 0.3 is 0 Å². The number of hydrogen-bond acceptors (Lipinski definition) is 3. The van der Waals surface area contributed by atoms with Crippen molar-refractivity contribution in [1.29, 1.82) is 0 Å². The molecule has 1 spiro atoms. The topological polar surface area (TPSA) is 63.5 Å². The first-order valence-electron chi connectivity index (χ1n) is 11.2. The second-order valence-corrected chi connectivity index (χ2v) is 8.60. The van der Waals surface area contributed by atoms with Crippen LogP contribution in [0.5, 0.6) is 0 Å². The van der Waals surface area contributed by atoms with Gasteiger partial charge in [0, 0.05) is 31.5 Å². The van der Waals surface area contributed by atoms with E-state index in [1.54, 1.807) is 0 Å². The Morgan fingerprint density at radius 2 is 1.47 bits per heavy atom. The zero-order valence-electron chi connectivity index (χ0n) is 17.9. The molecule has 5 nitrogen and oxygen atoms in total. The predicted octanol–water partition coefficient (Wildman–Crippen LogP) is 3.63. The largest absolute Gasteiger partial charge is 0.338 e. The molecule has 3 aromatic rings. The van der Waals surface area contributed by atoms with Gasteiger partial charge in [-0.1, -0.05) is 72.8 Å². The standard InChI is InChI=1S/C27H26N3O2/c31-25-24(19-20-7-3-1-4-8-20)28-27(29-25)15-17-30(18-16-27)26(32)23-13-11-22(12-14-23)21-9-5-2-6-10-21/h1-14,24,28H,15-19H2. The average Bonchev–Trinajstić information content (AvgIpc) is 3.14. The van der Waals surface area contributed by atoms with E-state index in [0.717, 1.165) is 16.7 Å². The summed E-state index contributed by atoms with van der Waals surface area (Å²) in [6.45, 7) is 1.17. The Bertz CT molecular complexity index is 1090. The summed E-state index contributed by atoms with van der Waals surface area (Å²) in [5, 5.41) is 7.96. The Morgan fingerprint density at radius 1 is 0.875 bits per heavy atom. The lowest BCUT2D eigenvalue weighted by Gasteiger charge is -2.38. The first-order valence-corrected chi connectivity index (χ1v) is 11.2. The molecular formula is C27H26N3O2. The van der Waals surface area contributed by atoms with Crippen LogP contribution >= 0.6 is 0 Å². The van der Waals surface area contributed by atoms with Crippen molar-refractivity contribution < 1.29 is 9.59 Å². The highest BCUT2D eigenvalue weighted by Gasteiger charge is 2.47. The minimum absolute atomic E-state index is 0.0321. The maximum Gasteiger partial charge on any atom is 0.260 e. The third-order valence-corrected chi connectivity index (χ3v) is 6.46. The molecule has 3 aromatic carbocycles. The molecule has 5 heteroatoms. The molecule has 2 amide bonds. The molecule has 1 atom stereocenters. The summed E-state index contributed by atoms with van der Waals surface area (Å²) in [7, 11) is 0. The Morgan fingerprint density at radius 3 is 2.12 bits per heavy atom. The normalized spacial score (nSPS) is 19.7. The molecule has 1 radical (unpaired) electrons. The molecule has 0 aliphatic carbocycles. The van der Waals surface area contributed by atoms with Crippen molar-refractivity contribution in [2.75, 3.05) is 13.1 Å². The van der Waals surface area contributed by atoms with Crippen molar-refractivity contribution in [2.24, 2.45) is 0 Å². The lowest BCUT2D eigenvalue weighted by molar-refractivity contribution is -0.121. The van der Waals surface area contributed by atoms with E-state index in [-0.39, 0.29) is 17.9 Å². The van der Waals surface area contributed by atoms with E-state index in [9.17, 15) is 9.59 Å². The van der Waals surface area contributed by atoms with Crippen LogP contribution in [0.15, 0.2) is 84.9 Å². The van der Waals surface area contributed by atoms with Gasteiger partial charge in [0.1, 0.15) is 5.66 Å². The van der Waals surface area contributed by atoms with E-state index in [1.165, 1.54) is 0 Å². The zero-order valence-corrected chi connectivity index (χ0v) is 17.9. The van der Waals surface area contributed by atoms with Gasteiger partial charge in [-0.25, -0.2) is 5.32 Å². The third kappa shape index (κ3) is 4.16. The highest BCUT2D eigenvalue weighted by Crippen LogP contribution is 2.28. The Kier molecular flexibility index (Phi) is 5.50. The van der Waals surface area contributed by atoms with Gasteiger partial charge in [0.15, 0.2) is 0 Å². The number of carbonyl (C=O) groups excluding carboxylic acids is 2. The van der Waals surface area contributed by atoms with Crippen LogP contribution in [-0.2, 0) is 11.2 Å². The predicted molar refractivity (Wildman–Crippen MR) is 124 cm³/mol. The third-order valence-electron chi connectivity index (χ3n) is 6.46. The van der Waals surface area contributed by atoms with Gasteiger partial charge in [0.25, 0.3) is 11.8 Å². The molecule has 1 N–H and O–H groups in total. The van der Waals surface area contributed by atoms with Crippen molar-refractivity contribution in [3.63, 3.8) is 0 Å². The van der Waals surface area contributed by atoms with Crippen LogP contribution in [0.4, 0.5) is 0 Å². The summed E-state index contributed by atoms with van der Waals surface area (Å²) >= 11 is 0. The second kappa shape index (κ2) is 8.60. The number of carbonyl (C=O) groups is 2. The molecule has 0 aromatic heterocycles. The van der Waals surface area contributed by atoms with Crippen molar-refractivity contribution in [3.8, 4) is 11.1 Å². The maximum atomic E-state index is 13.0. The quantitative estimate of drug-likeness (QED) is 0.696. The Hall–Kier alpha value is -3.44. The fraction of sp³-hybridized carbons (Fsp3) is 0.259. The van der Waals surface area contributed by atoms with E-state index in [1.807, 2.05) is 77.7 Å². The van der Waals surface area contributed by atoms with Crippen LogP contribution < -0.4 is 10.6 Å². The van der Waals surface area contributed by atoms with E-state index in [4.69, 9.17) is 0 Å². The van der Waals surface area contributed by atoms with Crippen molar-refractivity contribution in [2.45, 2.75) is 31.0 Å². The van der Waals surface area contributed by atoms with E-state index in [0.29, 0.717) is 37.9 Å². The number of benzene rings is 3. The van der Waals surface area contributed by atoms with Crippen LogP contribution in [0, 0.1) is 0 Å². The molecule has 5 rings (SSSR count). The summed E-state index contributed by atoms with van der Waals surface area (Å²) in [4.78, 5) is 27.4. The van der Waals surface area contributed by atoms with Crippen molar-refractivity contribution in [3.05, 3.63) is 96.1 Å². The number of nitrogens with one attached hydrogen (secondary N) is 1. The first kappa shape index (κ1) is 20.5.